The molecule has 0 N–H and O–H groups in total. The van der Waals surface area contributed by atoms with Gasteiger partial charge in [-0.25, -0.2) is 0 Å². The summed E-state index contributed by atoms with van der Waals surface area (Å²) in [4.78, 5) is 18.0. The van der Waals surface area contributed by atoms with E-state index in [0.29, 0.717) is 12.5 Å². The molecule has 180 valence electrons. The van der Waals surface area contributed by atoms with Crippen molar-refractivity contribution in [3.8, 4) is 16.9 Å². The highest BCUT2D eigenvalue weighted by molar-refractivity contribution is 5.84. The lowest BCUT2D eigenvalue weighted by molar-refractivity contribution is -0.134. The number of nitrogens with zero attached hydrogens (tertiary/aromatic N) is 2. The van der Waals surface area contributed by atoms with Gasteiger partial charge in [0, 0.05) is 43.7 Å². The fraction of sp³-hybridized carbons (Fsp3) is 0.323. The Labute approximate surface area is 208 Å². The van der Waals surface area contributed by atoms with Crippen molar-refractivity contribution in [2.45, 2.75) is 25.9 Å². The van der Waals surface area contributed by atoms with Gasteiger partial charge in [-0.15, -0.1) is 0 Å². The average molecular weight is 467 g/mol. The zero-order valence-corrected chi connectivity index (χ0v) is 21.0. The number of ether oxygens (including phenoxy) is 1. The van der Waals surface area contributed by atoms with E-state index in [4.69, 9.17) is 4.74 Å². The van der Waals surface area contributed by atoms with Crippen molar-refractivity contribution in [2.75, 3.05) is 26.1 Å². The molecule has 4 nitrogen and oxygen atoms in total. The molecule has 1 aliphatic heterocycles. The first kappa shape index (κ1) is 23.2. The Hall–Kier alpha value is -3.53. The summed E-state index contributed by atoms with van der Waals surface area (Å²) in [5.41, 5.74) is 5.69. The molecule has 0 aromatic heterocycles. The predicted octanol–water partition coefficient (Wildman–Crippen LogP) is 6.34. The Kier molecular flexibility index (Phi) is 6.38. The highest BCUT2D eigenvalue weighted by Crippen LogP contribution is 2.51. The molecule has 1 aliphatic carbocycles. The van der Waals surface area contributed by atoms with Gasteiger partial charge in [0.25, 0.3) is 0 Å². The molecule has 1 fully saturated rings. The van der Waals surface area contributed by atoms with E-state index in [1.54, 1.807) is 7.11 Å². The van der Waals surface area contributed by atoms with Gasteiger partial charge in [-0.3, -0.25) is 4.79 Å². The van der Waals surface area contributed by atoms with Gasteiger partial charge in [-0.05, 0) is 53.3 Å². The third kappa shape index (κ3) is 4.34. The molecule has 0 spiro atoms. The van der Waals surface area contributed by atoms with E-state index < -0.39 is 0 Å². The normalized spacial score (nSPS) is 23.3. The Morgan fingerprint density at radius 2 is 1.69 bits per heavy atom. The van der Waals surface area contributed by atoms with Crippen LogP contribution in [0.25, 0.3) is 11.1 Å². The van der Waals surface area contributed by atoms with Crippen LogP contribution in [0, 0.1) is 17.8 Å². The number of fused-ring (bicyclic) bond motifs is 1. The zero-order valence-electron chi connectivity index (χ0n) is 21.0. The summed E-state index contributed by atoms with van der Waals surface area (Å²) < 4.78 is 5.87. The van der Waals surface area contributed by atoms with Gasteiger partial charge in [-0.2, -0.15) is 0 Å². The summed E-state index contributed by atoms with van der Waals surface area (Å²) in [6, 6.07) is 25.2. The number of rotatable bonds is 6. The summed E-state index contributed by atoms with van der Waals surface area (Å²) in [7, 11) is 5.82. The monoisotopic (exact) mass is 466 g/mol. The number of anilines is 1. The minimum Gasteiger partial charge on any atom is -0.496 e. The number of carbonyl (C=O) groups excluding carboxylic acids is 1. The molecule has 3 aromatic carbocycles. The van der Waals surface area contributed by atoms with E-state index >= 15 is 0 Å². The van der Waals surface area contributed by atoms with Gasteiger partial charge in [0.1, 0.15) is 5.75 Å². The number of amides is 1. The van der Waals surface area contributed by atoms with Crippen LogP contribution in [-0.4, -0.2) is 32.0 Å². The second-order valence-electron chi connectivity index (χ2n) is 10.0. The molecule has 4 heteroatoms. The van der Waals surface area contributed by atoms with Crippen LogP contribution < -0.4 is 9.64 Å². The van der Waals surface area contributed by atoms with Crippen molar-refractivity contribution in [3.05, 3.63) is 96.1 Å². The van der Waals surface area contributed by atoms with Crippen molar-refractivity contribution in [1.29, 1.82) is 0 Å². The molecule has 0 bridgehead atoms. The lowest BCUT2D eigenvalue weighted by atomic mass is 9.75. The quantitative estimate of drug-likeness (QED) is 0.398. The fourth-order valence-corrected chi connectivity index (χ4v) is 5.77. The Bertz CT molecular complexity index is 1220. The Balaban J connectivity index is 1.60. The van der Waals surface area contributed by atoms with Crippen LogP contribution in [-0.2, 0) is 11.3 Å². The third-order valence-electron chi connectivity index (χ3n) is 7.62. The average Bonchev–Trinajstić information content (AvgIpc) is 3.16. The van der Waals surface area contributed by atoms with Crippen molar-refractivity contribution < 1.29 is 9.53 Å². The summed E-state index contributed by atoms with van der Waals surface area (Å²) >= 11 is 0. The molecule has 0 radical (unpaired) electrons. The number of allylic oxidation sites excluding steroid dienone is 1. The van der Waals surface area contributed by atoms with E-state index in [2.05, 4.69) is 83.5 Å². The van der Waals surface area contributed by atoms with E-state index in [1.165, 1.54) is 5.69 Å². The maximum Gasteiger partial charge on any atom is 0.227 e. The van der Waals surface area contributed by atoms with Crippen molar-refractivity contribution >= 4 is 11.6 Å². The van der Waals surface area contributed by atoms with Gasteiger partial charge >= 0.3 is 0 Å². The van der Waals surface area contributed by atoms with E-state index in [0.717, 1.165) is 34.4 Å². The van der Waals surface area contributed by atoms with Gasteiger partial charge < -0.3 is 14.5 Å². The van der Waals surface area contributed by atoms with Crippen LogP contribution >= 0.6 is 0 Å². The minimum atomic E-state index is -0.0670. The highest BCUT2D eigenvalue weighted by Gasteiger charge is 2.51. The third-order valence-corrected chi connectivity index (χ3v) is 7.62. The SMILES string of the molecule is COc1ccc(-c2ccc(N(C)C)cc2)cc1[C@H]1[C@H]2C=CC[C@@H](C)[C@@H]2C(=O)N1Cc1ccccc1. The van der Waals surface area contributed by atoms with Crippen molar-refractivity contribution in [3.63, 3.8) is 0 Å². The largest absolute Gasteiger partial charge is 0.496 e. The molecular formula is C31H34N2O2. The number of benzene rings is 3. The van der Waals surface area contributed by atoms with Crippen molar-refractivity contribution in [1.82, 2.24) is 4.90 Å². The molecule has 35 heavy (non-hydrogen) atoms. The van der Waals surface area contributed by atoms with Crippen LogP contribution in [0.4, 0.5) is 5.69 Å². The smallest absolute Gasteiger partial charge is 0.227 e. The minimum absolute atomic E-state index is 0.00134. The maximum absolute atomic E-state index is 13.8. The number of hydrogen-bond acceptors (Lipinski definition) is 3. The molecule has 1 saturated heterocycles. The van der Waals surface area contributed by atoms with Crippen LogP contribution in [0.1, 0.15) is 30.5 Å². The standard InChI is InChI=1S/C31H34N2O2/c1-21-9-8-12-26-29(21)31(34)33(20-22-10-6-5-7-11-22)30(26)27-19-24(15-18-28(27)35-4)23-13-16-25(17-14-23)32(2)3/h5-8,10-19,21,26,29-30H,9,20H2,1-4H3/t21-,26+,29+,30-/m1/s1. The lowest BCUT2D eigenvalue weighted by Crippen LogP contribution is -2.30. The van der Waals surface area contributed by atoms with E-state index in [9.17, 15) is 4.79 Å². The van der Waals surface area contributed by atoms with Gasteiger partial charge in [-0.1, -0.05) is 67.6 Å². The van der Waals surface area contributed by atoms with Crippen molar-refractivity contribution in [2.24, 2.45) is 17.8 Å². The van der Waals surface area contributed by atoms with E-state index in [1.807, 2.05) is 32.3 Å². The van der Waals surface area contributed by atoms with Crippen LogP contribution in [0.15, 0.2) is 84.9 Å². The summed E-state index contributed by atoms with van der Waals surface area (Å²) in [5.74, 6) is 1.55. The zero-order chi connectivity index (χ0) is 24.5. The molecule has 5 rings (SSSR count). The fourth-order valence-electron chi connectivity index (χ4n) is 5.77. The first-order valence-electron chi connectivity index (χ1n) is 12.4. The second-order valence-corrected chi connectivity index (χ2v) is 10.0. The number of hydrogen-bond donors (Lipinski definition) is 0. The molecule has 1 amide bonds. The molecule has 3 aromatic rings. The molecule has 0 unspecified atom stereocenters. The predicted molar refractivity (Wildman–Crippen MR) is 142 cm³/mol. The lowest BCUT2D eigenvalue weighted by Gasteiger charge is -2.31. The summed E-state index contributed by atoms with van der Waals surface area (Å²) in [6.45, 7) is 2.81. The van der Waals surface area contributed by atoms with Crippen LogP contribution in [0.5, 0.6) is 5.75 Å². The number of methoxy groups -OCH3 is 1. The van der Waals surface area contributed by atoms with Gasteiger partial charge in [0.15, 0.2) is 0 Å². The highest BCUT2D eigenvalue weighted by atomic mass is 16.5. The summed E-state index contributed by atoms with van der Waals surface area (Å²) in [6.07, 6.45) is 5.48. The number of carbonyl (C=O) groups is 1. The first-order valence-corrected chi connectivity index (χ1v) is 12.4. The second kappa shape index (κ2) is 9.61. The molecule has 0 saturated carbocycles. The molecule has 4 atom stereocenters. The maximum atomic E-state index is 13.8. The molecule has 2 aliphatic rings. The number of likely N-dealkylation sites (tertiary alicyclic amines) is 1. The van der Waals surface area contributed by atoms with Gasteiger partial charge in [0.2, 0.25) is 5.91 Å². The molecule has 1 heterocycles. The van der Waals surface area contributed by atoms with Gasteiger partial charge in [0.05, 0.1) is 13.2 Å². The first-order chi connectivity index (χ1) is 17.0. The summed E-state index contributed by atoms with van der Waals surface area (Å²) in [5, 5.41) is 0. The van der Waals surface area contributed by atoms with Crippen LogP contribution in [0.3, 0.4) is 0 Å². The van der Waals surface area contributed by atoms with E-state index in [-0.39, 0.29) is 23.8 Å². The molecular weight excluding hydrogens is 432 g/mol. The Morgan fingerprint density at radius 1 is 0.971 bits per heavy atom. The Morgan fingerprint density at radius 3 is 2.37 bits per heavy atom. The topological polar surface area (TPSA) is 32.8 Å². The van der Waals surface area contributed by atoms with Crippen LogP contribution in [0.2, 0.25) is 0 Å².